The lowest BCUT2D eigenvalue weighted by atomic mass is 9.88. The summed E-state index contributed by atoms with van der Waals surface area (Å²) in [5.74, 6) is 0. The summed E-state index contributed by atoms with van der Waals surface area (Å²) >= 11 is 0. The zero-order valence-corrected chi connectivity index (χ0v) is 5.38. The van der Waals surface area contributed by atoms with Gasteiger partial charge in [-0.1, -0.05) is 6.42 Å². The summed E-state index contributed by atoms with van der Waals surface area (Å²) in [5, 5.41) is 7.95. The third-order valence-electron chi connectivity index (χ3n) is 2.26. The van der Waals surface area contributed by atoms with Crippen LogP contribution in [-0.2, 0) is 0 Å². The molecule has 0 aromatic carbocycles. The van der Waals surface area contributed by atoms with Gasteiger partial charge in [-0.15, -0.1) is 0 Å². The molecule has 50 valence electrons. The summed E-state index contributed by atoms with van der Waals surface area (Å²) < 4.78 is 0. The normalized spacial score (nSPS) is 37.2. The Hall–Kier alpha value is -0.440. The van der Waals surface area contributed by atoms with E-state index in [1.165, 1.54) is 12.8 Å². The highest BCUT2D eigenvalue weighted by molar-refractivity contribution is 5.03. The number of nitrogens with two attached hydrogens (primary N) is 1. The van der Waals surface area contributed by atoms with Crippen molar-refractivity contribution >= 4 is 0 Å². The molecule has 3 nitrogen and oxygen atoms in total. The predicted octanol–water partition coefficient (Wildman–Crippen LogP) is 1.05. The molecule has 0 saturated heterocycles. The van der Waals surface area contributed by atoms with Crippen LogP contribution in [0, 0.1) is 0 Å². The standard InChI is InChI=1S/C6H11N3/c7-5-3-1-2-4-6(5)8-9-6/h5H,1-4,7H2. The van der Waals surface area contributed by atoms with E-state index in [1.807, 2.05) is 0 Å². The molecule has 1 aliphatic carbocycles. The number of nitrogens with zero attached hydrogens (tertiary/aromatic N) is 2. The van der Waals surface area contributed by atoms with Crippen LogP contribution >= 0.6 is 0 Å². The Balaban J connectivity index is 2.04. The number of hydrogen-bond acceptors (Lipinski definition) is 3. The maximum Gasteiger partial charge on any atom is 0.205 e. The molecule has 2 aliphatic rings. The molecule has 0 bridgehead atoms. The number of hydrogen-bond donors (Lipinski definition) is 1. The maximum absolute atomic E-state index is 5.79. The minimum absolute atomic E-state index is 0.0851. The lowest BCUT2D eigenvalue weighted by molar-refractivity contribution is 0.342. The summed E-state index contributed by atoms with van der Waals surface area (Å²) in [6, 6.07) is 0.228. The Morgan fingerprint density at radius 2 is 2.11 bits per heavy atom. The van der Waals surface area contributed by atoms with Crippen LogP contribution in [0.3, 0.4) is 0 Å². The van der Waals surface area contributed by atoms with Crippen LogP contribution in [0.5, 0.6) is 0 Å². The predicted molar refractivity (Wildman–Crippen MR) is 34.0 cm³/mol. The van der Waals surface area contributed by atoms with Crippen molar-refractivity contribution in [3.63, 3.8) is 0 Å². The third kappa shape index (κ3) is 0.678. The average Bonchev–Trinajstić information content (AvgIpc) is 2.60. The van der Waals surface area contributed by atoms with Crippen LogP contribution in [0.25, 0.3) is 0 Å². The van der Waals surface area contributed by atoms with Crippen molar-refractivity contribution in [1.29, 1.82) is 0 Å². The third-order valence-corrected chi connectivity index (χ3v) is 2.26. The molecule has 9 heavy (non-hydrogen) atoms. The van der Waals surface area contributed by atoms with Gasteiger partial charge in [0.25, 0.3) is 0 Å². The van der Waals surface area contributed by atoms with E-state index >= 15 is 0 Å². The minimum atomic E-state index is -0.0851. The van der Waals surface area contributed by atoms with Crippen molar-refractivity contribution < 1.29 is 0 Å². The first-order valence-corrected chi connectivity index (χ1v) is 3.53. The van der Waals surface area contributed by atoms with E-state index < -0.39 is 0 Å². The lowest BCUT2D eigenvalue weighted by Gasteiger charge is -2.23. The van der Waals surface area contributed by atoms with Gasteiger partial charge < -0.3 is 5.73 Å². The lowest BCUT2D eigenvalue weighted by Crippen LogP contribution is -2.40. The molecular formula is C6H11N3. The van der Waals surface area contributed by atoms with E-state index in [0.29, 0.717) is 0 Å². The Kier molecular flexibility index (Phi) is 0.913. The van der Waals surface area contributed by atoms with Gasteiger partial charge in [0, 0.05) is 0 Å². The molecule has 1 spiro atoms. The second-order valence-corrected chi connectivity index (χ2v) is 2.93. The van der Waals surface area contributed by atoms with Crippen molar-refractivity contribution in [2.45, 2.75) is 37.4 Å². The van der Waals surface area contributed by atoms with Crippen molar-refractivity contribution in [3.05, 3.63) is 0 Å². The van der Waals surface area contributed by atoms with Crippen molar-refractivity contribution in [1.82, 2.24) is 0 Å². The van der Waals surface area contributed by atoms with Gasteiger partial charge in [-0.3, -0.25) is 0 Å². The molecule has 1 unspecified atom stereocenters. The topological polar surface area (TPSA) is 50.7 Å². The molecule has 1 heterocycles. The molecule has 0 amide bonds. The van der Waals surface area contributed by atoms with Gasteiger partial charge in [-0.05, 0) is 19.3 Å². The summed E-state index contributed by atoms with van der Waals surface area (Å²) in [4.78, 5) is 0. The van der Waals surface area contributed by atoms with Crippen LogP contribution in [0.1, 0.15) is 25.7 Å². The zero-order chi connectivity index (χ0) is 6.32. The van der Waals surface area contributed by atoms with E-state index in [2.05, 4.69) is 10.2 Å². The minimum Gasteiger partial charge on any atom is -0.324 e. The van der Waals surface area contributed by atoms with E-state index in [0.717, 1.165) is 12.8 Å². The van der Waals surface area contributed by atoms with E-state index in [9.17, 15) is 0 Å². The molecule has 1 fully saturated rings. The van der Waals surface area contributed by atoms with Gasteiger partial charge in [0.2, 0.25) is 5.66 Å². The van der Waals surface area contributed by atoms with Crippen molar-refractivity contribution in [2.75, 3.05) is 0 Å². The fourth-order valence-corrected chi connectivity index (χ4v) is 1.48. The Bertz CT molecular complexity index is 146. The van der Waals surface area contributed by atoms with Gasteiger partial charge in [-0.25, -0.2) is 0 Å². The maximum atomic E-state index is 5.79. The first-order valence-electron chi connectivity index (χ1n) is 3.53. The largest absolute Gasteiger partial charge is 0.324 e. The van der Waals surface area contributed by atoms with Crippen LogP contribution in [0.4, 0.5) is 0 Å². The van der Waals surface area contributed by atoms with E-state index in [-0.39, 0.29) is 11.7 Å². The molecule has 1 saturated carbocycles. The fraction of sp³-hybridized carbons (Fsp3) is 1.00. The molecule has 2 rings (SSSR count). The van der Waals surface area contributed by atoms with Crippen LogP contribution in [0.2, 0.25) is 0 Å². The van der Waals surface area contributed by atoms with Crippen LogP contribution in [-0.4, -0.2) is 11.7 Å². The summed E-state index contributed by atoms with van der Waals surface area (Å²) in [6.07, 6.45) is 4.70. The highest BCUT2D eigenvalue weighted by Gasteiger charge is 2.47. The second-order valence-electron chi connectivity index (χ2n) is 2.93. The average molecular weight is 125 g/mol. The summed E-state index contributed by atoms with van der Waals surface area (Å²) in [5.41, 5.74) is 5.70. The second kappa shape index (κ2) is 1.53. The van der Waals surface area contributed by atoms with Gasteiger partial charge in [0.1, 0.15) is 0 Å². The molecular weight excluding hydrogens is 114 g/mol. The molecule has 1 aliphatic heterocycles. The van der Waals surface area contributed by atoms with Gasteiger partial charge >= 0.3 is 0 Å². The Labute approximate surface area is 54.3 Å². The first kappa shape index (κ1) is 5.35. The van der Waals surface area contributed by atoms with Gasteiger partial charge in [0.15, 0.2) is 0 Å². The smallest absolute Gasteiger partial charge is 0.205 e. The molecule has 0 radical (unpaired) electrons. The highest BCUT2D eigenvalue weighted by Crippen LogP contribution is 2.41. The number of rotatable bonds is 0. The van der Waals surface area contributed by atoms with E-state index in [4.69, 9.17) is 5.73 Å². The zero-order valence-electron chi connectivity index (χ0n) is 5.38. The molecule has 3 heteroatoms. The molecule has 0 aromatic rings. The van der Waals surface area contributed by atoms with Crippen LogP contribution < -0.4 is 5.73 Å². The van der Waals surface area contributed by atoms with Gasteiger partial charge in [-0.2, -0.15) is 10.2 Å². The van der Waals surface area contributed by atoms with E-state index in [1.54, 1.807) is 0 Å². The Morgan fingerprint density at radius 3 is 2.56 bits per heavy atom. The first-order chi connectivity index (χ1) is 4.33. The summed E-state index contributed by atoms with van der Waals surface area (Å²) in [7, 11) is 0. The molecule has 2 N–H and O–H groups in total. The fourth-order valence-electron chi connectivity index (χ4n) is 1.48. The van der Waals surface area contributed by atoms with Gasteiger partial charge in [0.05, 0.1) is 6.04 Å². The highest BCUT2D eigenvalue weighted by atomic mass is 15.5. The van der Waals surface area contributed by atoms with Crippen LogP contribution in [0.15, 0.2) is 10.2 Å². The van der Waals surface area contributed by atoms with Crippen molar-refractivity contribution in [3.8, 4) is 0 Å². The summed E-state index contributed by atoms with van der Waals surface area (Å²) in [6.45, 7) is 0. The SMILES string of the molecule is NC1CCCCC12N=N2. The quantitative estimate of drug-likeness (QED) is 0.517. The monoisotopic (exact) mass is 125 g/mol. The molecule has 0 aromatic heterocycles. The molecule has 1 atom stereocenters. The van der Waals surface area contributed by atoms with Crippen molar-refractivity contribution in [2.24, 2.45) is 16.0 Å². The Morgan fingerprint density at radius 1 is 1.33 bits per heavy atom.